The summed E-state index contributed by atoms with van der Waals surface area (Å²) in [5, 5.41) is 2.62. The molecule has 13 rings (SSSR count). The molecule has 4 aliphatic rings. The number of nitrogens with one attached hydrogen (secondary N) is 1. The maximum atomic E-state index is 4.05. The predicted octanol–water partition coefficient (Wildman–Crippen LogP) is 16.1. The maximum Gasteiger partial charge on any atom is 0.197 e. The van der Waals surface area contributed by atoms with Crippen molar-refractivity contribution in [3.63, 3.8) is 0 Å². The largest absolute Gasteiger partial charge is 0.346 e. The van der Waals surface area contributed by atoms with Crippen LogP contribution >= 0.6 is 11.3 Å². The van der Waals surface area contributed by atoms with Gasteiger partial charge in [0, 0.05) is 66.1 Å². The first-order chi connectivity index (χ1) is 32.9. The monoisotopic (exact) mass is 896 g/mol. The Balaban J connectivity index is 1.15. The number of aromatic nitrogens is 1. The lowest BCUT2D eigenvalue weighted by Gasteiger charge is -2.44. The first-order valence-corrected chi connectivity index (χ1v) is 25.3. The molecule has 7 aromatic carbocycles. The Morgan fingerprint density at radius 1 is 0.632 bits per heavy atom. The van der Waals surface area contributed by atoms with E-state index in [1.807, 2.05) is 11.3 Å². The van der Waals surface area contributed by atoms with Crippen LogP contribution in [-0.4, -0.2) is 12.3 Å². The zero-order chi connectivity index (χ0) is 46.3. The highest BCUT2D eigenvalue weighted by Crippen LogP contribution is 2.57. The molecule has 3 aliphatic carbocycles. The van der Waals surface area contributed by atoms with E-state index < -0.39 is 0 Å². The van der Waals surface area contributed by atoms with Crippen molar-refractivity contribution in [1.29, 1.82) is 0 Å². The molecule has 331 valence electrons. The Bertz CT molecular complexity index is 3580. The fourth-order valence-electron chi connectivity index (χ4n) is 12.4. The number of fused-ring (bicyclic) bond motifs is 12. The van der Waals surface area contributed by atoms with Crippen LogP contribution in [0.5, 0.6) is 0 Å². The van der Waals surface area contributed by atoms with Crippen LogP contribution < -0.4 is 20.7 Å². The van der Waals surface area contributed by atoms with Gasteiger partial charge in [-0.3, -0.25) is 0 Å². The Labute approximate surface area is 405 Å². The van der Waals surface area contributed by atoms with E-state index in [1.165, 1.54) is 116 Å². The minimum Gasteiger partial charge on any atom is -0.346 e. The summed E-state index contributed by atoms with van der Waals surface area (Å²) in [5.41, 5.74) is 24.0. The minimum atomic E-state index is -0.242. The summed E-state index contributed by atoms with van der Waals surface area (Å²) < 4.78 is 1.31. The second-order valence-electron chi connectivity index (χ2n) is 21.4. The van der Waals surface area contributed by atoms with Crippen LogP contribution in [0.2, 0.25) is 0 Å². The lowest BCUT2D eigenvalue weighted by Crippen LogP contribution is -2.44. The number of anilines is 6. The summed E-state index contributed by atoms with van der Waals surface area (Å²) in [4.78, 5) is 10.4. The van der Waals surface area contributed by atoms with Crippen molar-refractivity contribution in [1.82, 2.24) is 4.98 Å². The summed E-state index contributed by atoms with van der Waals surface area (Å²) in [6.45, 7) is 17.1. The molecule has 0 saturated carbocycles. The quantitative estimate of drug-likeness (QED) is 0.174. The van der Waals surface area contributed by atoms with Gasteiger partial charge in [-0.25, -0.2) is 0 Å². The third kappa shape index (κ3) is 6.04. The standard InChI is InChI=1S/C63H55BN3S/c1-38-34-49-50(62(4,5)33-32-61(49,2)3)37-52(38)67-53-36-41(66(39-20-10-8-11-21-39)40-22-12-9-13-23-40)35-47(44-25-14-15-27-46-55-45-26-17-19-29-54(45)68-60(55)65-58(44)46)57(53)64-51-31-30-43-42-24-16-18-28-48(42)63(6,7)56(43)59(51)67/h8-13,15-31,34-37,65H,14,32-33H2,1-7H3. The summed E-state index contributed by atoms with van der Waals surface area (Å²) in [6, 6.07) is 54.8. The summed E-state index contributed by atoms with van der Waals surface area (Å²) in [5.74, 6) is 0. The number of H-pyrrole nitrogens is 1. The molecule has 0 unspecified atom stereocenters. The van der Waals surface area contributed by atoms with E-state index in [-0.39, 0.29) is 16.2 Å². The van der Waals surface area contributed by atoms with Gasteiger partial charge in [-0.2, -0.15) is 0 Å². The Kier molecular flexibility index (Phi) is 9.03. The molecule has 3 nitrogen and oxygen atoms in total. The van der Waals surface area contributed by atoms with Gasteiger partial charge in [0.15, 0.2) is 7.28 Å². The predicted molar refractivity (Wildman–Crippen MR) is 293 cm³/mol. The van der Waals surface area contributed by atoms with Gasteiger partial charge in [0.2, 0.25) is 0 Å². The third-order valence-electron chi connectivity index (χ3n) is 16.0. The zero-order valence-corrected chi connectivity index (χ0v) is 40.9. The molecule has 9 aromatic rings. The number of aryl methyl sites for hydroxylation is 1. The average molecular weight is 897 g/mol. The minimum absolute atomic E-state index is 0.0264. The topological polar surface area (TPSA) is 22.3 Å². The fourth-order valence-corrected chi connectivity index (χ4v) is 13.5. The van der Waals surface area contributed by atoms with E-state index in [4.69, 9.17) is 0 Å². The zero-order valence-electron chi connectivity index (χ0n) is 40.1. The number of nitrogens with zero attached hydrogens (tertiary/aromatic N) is 2. The Morgan fingerprint density at radius 3 is 2.06 bits per heavy atom. The molecule has 0 atom stereocenters. The molecule has 0 amide bonds. The van der Waals surface area contributed by atoms with Crippen LogP contribution in [0.4, 0.5) is 34.1 Å². The van der Waals surface area contributed by atoms with Crippen molar-refractivity contribution in [2.24, 2.45) is 0 Å². The van der Waals surface area contributed by atoms with Gasteiger partial charge in [0.25, 0.3) is 0 Å². The molecule has 0 bridgehead atoms. The lowest BCUT2D eigenvalue weighted by atomic mass is 9.56. The van der Waals surface area contributed by atoms with Crippen LogP contribution in [-0.2, 0) is 16.2 Å². The van der Waals surface area contributed by atoms with Crippen molar-refractivity contribution in [3.05, 3.63) is 202 Å². The van der Waals surface area contributed by atoms with E-state index in [1.54, 1.807) is 0 Å². The van der Waals surface area contributed by atoms with Crippen molar-refractivity contribution < 1.29 is 0 Å². The van der Waals surface area contributed by atoms with Crippen LogP contribution in [0.3, 0.4) is 0 Å². The van der Waals surface area contributed by atoms with Crippen molar-refractivity contribution in [2.45, 2.75) is 84.0 Å². The highest BCUT2D eigenvalue weighted by atomic mass is 32.1. The van der Waals surface area contributed by atoms with Crippen LogP contribution in [0.15, 0.2) is 158 Å². The number of para-hydroxylation sites is 2. The maximum absolute atomic E-state index is 4.05. The summed E-state index contributed by atoms with van der Waals surface area (Å²) >= 11 is 1.86. The highest BCUT2D eigenvalue weighted by Gasteiger charge is 2.44. The van der Waals surface area contributed by atoms with Crippen molar-refractivity contribution >= 4 is 95.6 Å². The molecular formula is C63H55BN3S. The summed E-state index contributed by atoms with van der Waals surface area (Å²) in [6.07, 6.45) is 10.3. The molecule has 0 saturated heterocycles. The van der Waals surface area contributed by atoms with Gasteiger partial charge in [0.1, 0.15) is 4.83 Å². The summed E-state index contributed by atoms with van der Waals surface area (Å²) in [7, 11) is 2.52. The molecule has 68 heavy (non-hydrogen) atoms. The molecule has 5 heteroatoms. The van der Waals surface area contributed by atoms with E-state index in [0.29, 0.717) is 0 Å². The van der Waals surface area contributed by atoms with Gasteiger partial charge >= 0.3 is 0 Å². The molecule has 2 aromatic heterocycles. The molecule has 1 N–H and O–H groups in total. The van der Waals surface area contributed by atoms with Gasteiger partial charge in [0.05, 0.1) is 5.69 Å². The number of benzene rings is 7. The lowest BCUT2D eigenvalue weighted by molar-refractivity contribution is 0.332. The van der Waals surface area contributed by atoms with E-state index in [2.05, 4.69) is 234 Å². The second kappa shape index (κ2) is 14.8. The second-order valence-corrected chi connectivity index (χ2v) is 22.5. The molecule has 0 fully saturated rings. The normalized spacial score (nSPS) is 16.8. The highest BCUT2D eigenvalue weighted by molar-refractivity contribution is 7.25. The van der Waals surface area contributed by atoms with Gasteiger partial charge in [-0.15, -0.1) is 11.3 Å². The molecule has 1 radical (unpaired) electrons. The average Bonchev–Trinajstić information content (AvgIpc) is 3.90. The van der Waals surface area contributed by atoms with Crippen LogP contribution in [0.25, 0.3) is 43.1 Å². The number of rotatable bonds is 5. The molecule has 1 aliphatic heterocycles. The third-order valence-corrected chi connectivity index (χ3v) is 17.1. The van der Waals surface area contributed by atoms with E-state index in [9.17, 15) is 0 Å². The van der Waals surface area contributed by atoms with Crippen LogP contribution in [0, 0.1) is 6.92 Å². The number of allylic oxidation sites excluding steroid dienone is 2. The van der Waals surface area contributed by atoms with Crippen LogP contribution in [0.1, 0.15) is 105 Å². The molecule has 3 heterocycles. The number of hydrogen-bond donors (Lipinski definition) is 1. The number of aromatic amines is 1. The van der Waals surface area contributed by atoms with E-state index in [0.717, 1.165) is 29.9 Å². The van der Waals surface area contributed by atoms with Gasteiger partial charge in [-0.1, -0.05) is 162 Å². The van der Waals surface area contributed by atoms with Crippen molar-refractivity contribution in [3.8, 4) is 11.1 Å². The van der Waals surface area contributed by atoms with Gasteiger partial charge < -0.3 is 14.8 Å². The Morgan fingerprint density at radius 2 is 1.31 bits per heavy atom. The van der Waals surface area contributed by atoms with E-state index >= 15 is 0 Å². The Hall–Kier alpha value is -6.82. The molecular weight excluding hydrogens is 842 g/mol. The first kappa shape index (κ1) is 41.4. The SMILES string of the molecule is Cc1cc2c(cc1N1c3cc(N(c4ccccc4)c4ccccc4)cc(C4=CCC=Cc5c4[nH]c4sc6ccccc6c54)c3[B]c3ccc4c(c31)C(C)(C)c1ccccc1-4)C(C)(C)CCC2(C)C. The first-order valence-electron chi connectivity index (χ1n) is 24.5. The number of thiophene rings is 1. The molecule has 0 spiro atoms. The number of hydrogen-bond acceptors (Lipinski definition) is 3. The van der Waals surface area contributed by atoms with Gasteiger partial charge in [-0.05, 0) is 136 Å². The van der Waals surface area contributed by atoms with Crippen molar-refractivity contribution in [2.75, 3.05) is 9.80 Å². The smallest absolute Gasteiger partial charge is 0.197 e. The fraction of sp³-hybridized carbons (Fsp3) is 0.206.